The van der Waals surface area contributed by atoms with Crippen LogP contribution in [0.1, 0.15) is 18.4 Å². The molecule has 0 bridgehead atoms. The molecule has 1 aliphatic heterocycles. The van der Waals surface area contributed by atoms with E-state index in [1.165, 1.54) is 5.56 Å². The van der Waals surface area contributed by atoms with Gasteiger partial charge in [-0.25, -0.2) is 0 Å². The van der Waals surface area contributed by atoms with Crippen LogP contribution >= 0.6 is 0 Å². The Labute approximate surface area is 135 Å². The van der Waals surface area contributed by atoms with Crippen LogP contribution in [0.3, 0.4) is 0 Å². The molecule has 1 saturated heterocycles. The van der Waals surface area contributed by atoms with Crippen molar-refractivity contribution in [2.45, 2.75) is 19.3 Å². The Morgan fingerprint density at radius 3 is 2.17 bits per heavy atom. The molecule has 0 aliphatic carbocycles. The Morgan fingerprint density at radius 2 is 1.61 bits per heavy atom. The van der Waals surface area contributed by atoms with Gasteiger partial charge in [0.25, 0.3) is 0 Å². The van der Waals surface area contributed by atoms with E-state index in [1.807, 2.05) is 12.4 Å². The molecule has 7 nitrogen and oxygen atoms in total. The molecular formula is C16H21N5O2. The van der Waals surface area contributed by atoms with Gasteiger partial charge in [0.1, 0.15) is 0 Å². The van der Waals surface area contributed by atoms with Gasteiger partial charge < -0.3 is 14.4 Å². The third kappa shape index (κ3) is 3.85. The summed E-state index contributed by atoms with van der Waals surface area (Å²) in [5.41, 5.74) is 1.35. The summed E-state index contributed by atoms with van der Waals surface area (Å²) in [7, 11) is 3.08. The minimum atomic E-state index is 0.283. The summed E-state index contributed by atoms with van der Waals surface area (Å²) in [6.45, 7) is 1.85. The maximum atomic E-state index is 5.11. The van der Waals surface area contributed by atoms with Crippen LogP contribution in [0.15, 0.2) is 24.5 Å². The van der Waals surface area contributed by atoms with Crippen LogP contribution in [0.25, 0.3) is 0 Å². The van der Waals surface area contributed by atoms with Crippen molar-refractivity contribution in [2.24, 2.45) is 5.92 Å². The maximum Gasteiger partial charge on any atom is 0.324 e. The molecule has 2 aromatic heterocycles. The molecule has 2 aromatic rings. The lowest BCUT2D eigenvalue weighted by molar-refractivity contribution is 0.337. The van der Waals surface area contributed by atoms with E-state index in [0.717, 1.165) is 32.4 Å². The predicted octanol–water partition coefficient (Wildman–Crippen LogP) is 1.74. The minimum absolute atomic E-state index is 0.283. The van der Waals surface area contributed by atoms with Crippen LogP contribution in [-0.2, 0) is 6.42 Å². The van der Waals surface area contributed by atoms with Crippen molar-refractivity contribution >= 4 is 5.95 Å². The fourth-order valence-corrected chi connectivity index (χ4v) is 2.84. The molecule has 1 aliphatic rings. The molecule has 3 heterocycles. The van der Waals surface area contributed by atoms with Crippen LogP contribution in [-0.4, -0.2) is 47.2 Å². The number of methoxy groups -OCH3 is 2. The first-order valence-electron chi connectivity index (χ1n) is 7.76. The lowest BCUT2D eigenvalue weighted by Gasteiger charge is -2.32. The standard InChI is InChI=1S/C16H21N5O2/c1-22-15-18-14(19-16(20-15)23-2)21-9-5-13(6-10-21)11-12-3-7-17-8-4-12/h3-4,7-8,13H,5-6,9-11H2,1-2H3. The van der Waals surface area contributed by atoms with Crippen molar-refractivity contribution in [3.63, 3.8) is 0 Å². The molecule has 1 fully saturated rings. The zero-order chi connectivity index (χ0) is 16.1. The minimum Gasteiger partial charge on any atom is -0.467 e. The SMILES string of the molecule is COc1nc(OC)nc(N2CCC(Cc3ccncc3)CC2)n1. The van der Waals surface area contributed by atoms with Crippen molar-refractivity contribution in [2.75, 3.05) is 32.2 Å². The largest absolute Gasteiger partial charge is 0.467 e. The normalized spacial score (nSPS) is 15.5. The number of ether oxygens (including phenoxy) is 2. The van der Waals surface area contributed by atoms with Crippen molar-refractivity contribution in [3.8, 4) is 12.0 Å². The smallest absolute Gasteiger partial charge is 0.324 e. The Hall–Kier alpha value is -2.44. The van der Waals surface area contributed by atoms with E-state index in [9.17, 15) is 0 Å². The van der Waals surface area contributed by atoms with Gasteiger partial charge >= 0.3 is 12.0 Å². The molecule has 0 amide bonds. The van der Waals surface area contributed by atoms with Crippen molar-refractivity contribution in [1.82, 2.24) is 19.9 Å². The van der Waals surface area contributed by atoms with E-state index in [1.54, 1.807) is 14.2 Å². The average Bonchev–Trinajstić information content (AvgIpc) is 2.62. The summed E-state index contributed by atoms with van der Waals surface area (Å²) in [6, 6.07) is 4.75. The number of piperidine rings is 1. The molecule has 0 saturated carbocycles. The summed E-state index contributed by atoms with van der Waals surface area (Å²) in [6.07, 6.45) is 7.03. The lowest BCUT2D eigenvalue weighted by Crippen LogP contribution is -2.35. The molecule has 0 aromatic carbocycles. The maximum absolute atomic E-state index is 5.11. The van der Waals surface area contributed by atoms with Gasteiger partial charge in [0.05, 0.1) is 14.2 Å². The highest BCUT2D eigenvalue weighted by molar-refractivity contribution is 5.32. The van der Waals surface area contributed by atoms with Crippen LogP contribution in [0.4, 0.5) is 5.95 Å². The molecular weight excluding hydrogens is 294 g/mol. The number of nitrogens with zero attached hydrogens (tertiary/aromatic N) is 5. The zero-order valence-electron chi connectivity index (χ0n) is 13.5. The molecule has 0 atom stereocenters. The van der Waals surface area contributed by atoms with Gasteiger partial charge in [0.2, 0.25) is 5.95 Å². The van der Waals surface area contributed by atoms with Gasteiger partial charge in [0, 0.05) is 25.5 Å². The topological polar surface area (TPSA) is 73.3 Å². The van der Waals surface area contributed by atoms with Crippen molar-refractivity contribution < 1.29 is 9.47 Å². The summed E-state index contributed by atoms with van der Waals surface area (Å²) in [4.78, 5) is 18.9. The van der Waals surface area contributed by atoms with Gasteiger partial charge in [-0.05, 0) is 42.9 Å². The van der Waals surface area contributed by atoms with Crippen LogP contribution in [0.5, 0.6) is 12.0 Å². The highest BCUT2D eigenvalue weighted by Crippen LogP contribution is 2.25. The first kappa shape index (κ1) is 15.5. The number of anilines is 1. The Bertz CT molecular complexity index is 607. The van der Waals surface area contributed by atoms with E-state index >= 15 is 0 Å². The Morgan fingerprint density at radius 1 is 1.00 bits per heavy atom. The van der Waals surface area contributed by atoms with E-state index in [4.69, 9.17) is 9.47 Å². The van der Waals surface area contributed by atoms with Gasteiger partial charge in [-0.2, -0.15) is 9.97 Å². The monoisotopic (exact) mass is 315 g/mol. The fraction of sp³-hybridized carbons (Fsp3) is 0.500. The summed E-state index contributed by atoms with van der Waals surface area (Å²) in [5.74, 6) is 1.30. The van der Waals surface area contributed by atoms with Gasteiger partial charge in [-0.3, -0.25) is 4.98 Å². The van der Waals surface area contributed by atoms with Gasteiger partial charge in [-0.15, -0.1) is 4.98 Å². The molecule has 0 unspecified atom stereocenters. The second-order valence-electron chi connectivity index (χ2n) is 5.60. The number of hydrogen-bond acceptors (Lipinski definition) is 7. The Kier molecular flexibility index (Phi) is 4.85. The van der Waals surface area contributed by atoms with E-state index < -0.39 is 0 Å². The van der Waals surface area contributed by atoms with Crippen molar-refractivity contribution in [3.05, 3.63) is 30.1 Å². The number of rotatable bonds is 5. The van der Waals surface area contributed by atoms with Crippen LogP contribution in [0.2, 0.25) is 0 Å². The van der Waals surface area contributed by atoms with Crippen LogP contribution in [0, 0.1) is 5.92 Å². The first-order valence-corrected chi connectivity index (χ1v) is 7.76. The summed E-state index contributed by atoms with van der Waals surface area (Å²) >= 11 is 0. The second-order valence-corrected chi connectivity index (χ2v) is 5.60. The summed E-state index contributed by atoms with van der Waals surface area (Å²) < 4.78 is 10.2. The number of aromatic nitrogens is 4. The van der Waals surface area contributed by atoms with Crippen molar-refractivity contribution in [1.29, 1.82) is 0 Å². The third-order valence-electron chi connectivity index (χ3n) is 4.12. The van der Waals surface area contributed by atoms with E-state index in [0.29, 0.717) is 11.9 Å². The molecule has 0 N–H and O–H groups in total. The zero-order valence-corrected chi connectivity index (χ0v) is 13.5. The molecule has 3 rings (SSSR count). The first-order chi connectivity index (χ1) is 11.3. The number of hydrogen-bond donors (Lipinski definition) is 0. The number of pyridine rings is 1. The summed E-state index contributed by atoms with van der Waals surface area (Å²) in [5, 5.41) is 0. The second kappa shape index (κ2) is 7.21. The third-order valence-corrected chi connectivity index (χ3v) is 4.12. The quantitative estimate of drug-likeness (QED) is 0.832. The average molecular weight is 315 g/mol. The highest BCUT2D eigenvalue weighted by Gasteiger charge is 2.22. The molecule has 23 heavy (non-hydrogen) atoms. The lowest BCUT2D eigenvalue weighted by atomic mass is 9.91. The van der Waals surface area contributed by atoms with E-state index in [-0.39, 0.29) is 12.0 Å². The fourth-order valence-electron chi connectivity index (χ4n) is 2.84. The van der Waals surface area contributed by atoms with E-state index in [2.05, 4.69) is 37.0 Å². The highest BCUT2D eigenvalue weighted by atomic mass is 16.5. The predicted molar refractivity (Wildman–Crippen MR) is 85.8 cm³/mol. The van der Waals surface area contributed by atoms with Gasteiger partial charge in [0.15, 0.2) is 0 Å². The molecule has 7 heteroatoms. The van der Waals surface area contributed by atoms with Crippen LogP contribution < -0.4 is 14.4 Å². The Balaban J connectivity index is 1.62. The molecule has 0 spiro atoms. The molecule has 0 radical (unpaired) electrons. The van der Waals surface area contributed by atoms with Gasteiger partial charge in [-0.1, -0.05) is 0 Å². The molecule has 122 valence electrons.